The van der Waals surface area contributed by atoms with Crippen LogP contribution in [0.25, 0.3) is 0 Å². The van der Waals surface area contributed by atoms with Crippen LogP contribution in [-0.2, 0) is 10.0 Å². The number of anilines is 1. The quantitative estimate of drug-likeness (QED) is 0.807. The Hall–Kier alpha value is -2.14. The third-order valence-electron chi connectivity index (χ3n) is 3.89. The Morgan fingerprint density at radius 3 is 2.35 bits per heavy atom. The minimum atomic E-state index is -3.67. The first-order valence-corrected chi connectivity index (χ1v) is 9.05. The van der Waals surface area contributed by atoms with Gasteiger partial charge < -0.3 is 0 Å². The molecular weight excluding hydrogens is 310 g/mol. The van der Waals surface area contributed by atoms with Gasteiger partial charge in [0.2, 0.25) is 0 Å². The predicted molar refractivity (Wildman–Crippen MR) is 92.4 cm³/mol. The molecule has 0 radical (unpaired) electrons. The number of carbonyl (C=O) groups is 1. The molecule has 23 heavy (non-hydrogen) atoms. The maximum absolute atomic E-state index is 12.4. The minimum absolute atomic E-state index is 0.107. The number of hydrogen-bond acceptors (Lipinski definition) is 3. The highest BCUT2D eigenvalue weighted by Gasteiger charge is 2.15. The molecule has 0 unspecified atom stereocenters. The first-order valence-electron chi connectivity index (χ1n) is 7.57. The van der Waals surface area contributed by atoms with E-state index in [4.69, 9.17) is 0 Å². The lowest BCUT2D eigenvalue weighted by atomic mass is 9.99. The lowest BCUT2D eigenvalue weighted by Gasteiger charge is -2.12. The number of ketones is 1. The highest BCUT2D eigenvalue weighted by atomic mass is 32.2. The minimum Gasteiger partial charge on any atom is -0.295 e. The van der Waals surface area contributed by atoms with Crippen LogP contribution in [0.5, 0.6) is 0 Å². The van der Waals surface area contributed by atoms with Gasteiger partial charge in [0.15, 0.2) is 5.78 Å². The lowest BCUT2D eigenvalue weighted by molar-refractivity contribution is 0.101. The summed E-state index contributed by atoms with van der Waals surface area (Å²) >= 11 is 0. The Kier molecular flexibility index (Phi) is 5.21. The number of benzene rings is 2. The van der Waals surface area contributed by atoms with E-state index >= 15 is 0 Å². The van der Waals surface area contributed by atoms with Gasteiger partial charge >= 0.3 is 0 Å². The fourth-order valence-corrected chi connectivity index (χ4v) is 3.28. The zero-order chi connectivity index (χ0) is 17.0. The SMILES string of the molecule is CC[C@H](C)c1ccc(S(=O)(=O)Nc2cccc(C(C)=O)c2)cc1. The summed E-state index contributed by atoms with van der Waals surface area (Å²) in [7, 11) is -3.67. The van der Waals surface area contributed by atoms with E-state index in [1.807, 2.05) is 12.1 Å². The molecule has 1 N–H and O–H groups in total. The Morgan fingerprint density at radius 2 is 1.78 bits per heavy atom. The molecule has 122 valence electrons. The largest absolute Gasteiger partial charge is 0.295 e. The molecule has 5 heteroatoms. The maximum Gasteiger partial charge on any atom is 0.261 e. The number of nitrogens with one attached hydrogen (secondary N) is 1. The van der Waals surface area contributed by atoms with Crippen LogP contribution in [0.2, 0.25) is 0 Å². The lowest BCUT2D eigenvalue weighted by Crippen LogP contribution is -2.13. The maximum atomic E-state index is 12.4. The number of rotatable bonds is 6. The molecule has 0 amide bonds. The van der Waals surface area contributed by atoms with E-state index in [1.165, 1.54) is 13.0 Å². The summed E-state index contributed by atoms with van der Waals surface area (Å²) in [5.41, 5.74) is 1.96. The second-order valence-corrected chi connectivity index (χ2v) is 7.30. The van der Waals surface area contributed by atoms with Crippen molar-refractivity contribution in [3.8, 4) is 0 Å². The van der Waals surface area contributed by atoms with Gasteiger partial charge in [0.05, 0.1) is 4.90 Å². The van der Waals surface area contributed by atoms with Crippen LogP contribution in [0, 0.1) is 0 Å². The van der Waals surface area contributed by atoms with Crippen molar-refractivity contribution in [2.75, 3.05) is 4.72 Å². The van der Waals surface area contributed by atoms with Gasteiger partial charge in [-0.1, -0.05) is 38.1 Å². The average Bonchev–Trinajstić information content (AvgIpc) is 2.54. The molecule has 0 aliphatic carbocycles. The molecule has 4 nitrogen and oxygen atoms in total. The normalized spacial score (nSPS) is 12.7. The van der Waals surface area contributed by atoms with Gasteiger partial charge in [0.25, 0.3) is 10.0 Å². The van der Waals surface area contributed by atoms with Crippen molar-refractivity contribution in [2.45, 2.75) is 38.0 Å². The fraction of sp³-hybridized carbons (Fsp3) is 0.278. The summed E-state index contributed by atoms with van der Waals surface area (Å²) in [6, 6.07) is 13.4. The van der Waals surface area contributed by atoms with Gasteiger partial charge in [-0.3, -0.25) is 9.52 Å². The Bertz CT molecular complexity index is 795. The van der Waals surface area contributed by atoms with Crippen LogP contribution in [0.3, 0.4) is 0 Å². The molecule has 2 rings (SSSR count). The molecule has 0 saturated heterocycles. The van der Waals surface area contributed by atoms with E-state index in [1.54, 1.807) is 30.3 Å². The number of carbonyl (C=O) groups excluding carboxylic acids is 1. The van der Waals surface area contributed by atoms with Crippen molar-refractivity contribution in [1.29, 1.82) is 0 Å². The smallest absolute Gasteiger partial charge is 0.261 e. The second kappa shape index (κ2) is 6.96. The van der Waals surface area contributed by atoms with Crippen LogP contribution in [0.1, 0.15) is 49.0 Å². The highest BCUT2D eigenvalue weighted by molar-refractivity contribution is 7.92. The third kappa shape index (κ3) is 4.20. The van der Waals surface area contributed by atoms with Gasteiger partial charge in [0.1, 0.15) is 0 Å². The summed E-state index contributed by atoms with van der Waals surface area (Å²) < 4.78 is 27.4. The van der Waals surface area contributed by atoms with E-state index in [2.05, 4.69) is 18.6 Å². The van der Waals surface area contributed by atoms with E-state index in [0.29, 0.717) is 17.2 Å². The molecule has 0 aromatic heterocycles. The molecule has 0 saturated carbocycles. The average molecular weight is 331 g/mol. The summed E-state index contributed by atoms with van der Waals surface area (Å²) in [5.74, 6) is 0.288. The van der Waals surface area contributed by atoms with Gasteiger partial charge in [-0.15, -0.1) is 0 Å². The standard InChI is InChI=1S/C18H21NO3S/c1-4-13(2)15-8-10-18(11-9-15)23(21,22)19-17-7-5-6-16(12-17)14(3)20/h5-13,19H,4H2,1-3H3/t13-/m0/s1. The molecule has 0 heterocycles. The van der Waals surface area contributed by atoms with Crippen LogP contribution < -0.4 is 4.72 Å². The third-order valence-corrected chi connectivity index (χ3v) is 5.29. The zero-order valence-electron chi connectivity index (χ0n) is 13.5. The molecule has 2 aromatic rings. The Balaban J connectivity index is 2.25. The summed E-state index contributed by atoms with van der Waals surface area (Å²) in [6.07, 6.45) is 1.00. The molecule has 0 spiro atoms. The van der Waals surface area contributed by atoms with Crippen LogP contribution >= 0.6 is 0 Å². The summed E-state index contributed by atoms with van der Waals surface area (Å²) in [4.78, 5) is 11.6. The fourth-order valence-electron chi connectivity index (χ4n) is 2.23. The molecule has 2 aromatic carbocycles. The van der Waals surface area contributed by atoms with Gasteiger partial charge in [-0.25, -0.2) is 8.42 Å². The van der Waals surface area contributed by atoms with Crippen LogP contribution in [-0.4, -0.2) is 14.2 Å². The predicted octanol–water partition coefficient (Wildman–Crippen LogP) is 4.20. The van der Waals surface area contributed by atoms with Crippen molar-refractivity contribution < 1.29 is 13.2 Å². The number of sulfonamides is 1. The van der Waals surface area contributed by atoms with E-state index in [0.717, 1.165) is 12.0 Å². The molecule has 0 fully saturated rings. The van der Waals surface area contributed by atoms with E-state index in [9.17, 15) is 13.2 Å². The molecule has 0 aliphatic heterocycles. The van der Waals surface area contributed by atoms with Crippen molar-refractivity contribution in [3.05, 3.63) is 59.7 Å². The van der Waals surface area contributed by atoms with Gasteiger partial charge in [0, 0.05) is 11.3 Å². The van der Waals surface area contributed by atoms with Gasteiger partial charge in [-0.2, -0.15) is 0 Å². The molecule has 1 atom stereocenters. The number of Topliss-reactive ketones (excluding diaryl/α,β-unsaturated/α-hetero) is 1. The molecular formula is C18H21NO3S. The first-order chi connectivity index (χ1) is 10.8. The van der Waals surface area contributed by atoms with E-state index < -0.39 is 10.0 Å². The van der Waals surface area contributed by atoms with Crippen molar-refractivity contribution in [1.82, 2.24) is 0 Å². The van der Waals surface area contributed by atoms with E-state index in [-0.39, 0.29) is 10.7 Å². The van der Waals surface area contributed by atoms with Crippen molar-refractivity contribution in [3.63, 3.8) is 0 Å². The van der Waals surface area contributed by atoms with Crippen molar-refractivity contribution in [2.24, 2.45) is 0 Å². The first kappa shape index (κ1) is 17.2. The topological polar surface area (TPSA) is 63.2 Å². The van der Waals surface area contributed by atoms with Crippen molar-refractivity contribution >= 4 is 21.5 Å². The second-order valence-electron chi connectivity index (χ2n) is 5.62. The number of hydrogen-bond donors (Lipinski definition) is 1. The molecule has 0 aliphatic rings. The monoisotopic (exact) mass is 331 g/mol. The highest BCUT2D eigenvalue weighted by Crippen LogP contribution is 2.22. The summed E-state index contributed by atoms with van der Waals surface area (Å²) in [6.45, 7) is 5.65. The molecule has 0 bridgehead atoms. The Morgan fingerprint density at radius 1 is 1.13 bits per heavy atom. The summed E-state index contributed by atoms with van der Waals surface area (Å²) in [5, 5.41) is 0. The zero-order valence-corrected chi connectivity index (χ0v) is 14.4. The van der Waals surface area contributed by atoms with Crippen LogP contribution in [0.4, 0.5) is 5.69 Å². The van der Waals surface area contributed by atoms with Gasteiger partial charge in [-0.05, 0) is 49.1 Å². The Labute approximate surface area is 137 Å². The van der Waals surface area contributed by atoms with Crippen LogP contribution in [0.15, 0.2) is 53.4 Å².